The van der Waals surface area contributed by atoms with Crippen LogP contribution in [0.4, 0.5) is 0 Å². The smallest absolute Gasteiger partial charge is 0.140 e. The van der Waals surface area contributed by atoms with Crippen molar-refractivity contribution in [1.82, 2.24) is 0 Å². The van der Waals surface area contributed by atoms with Gasteiger partial charge in [-0.2, -0.15) is 0 Å². The molecular formula is C15H15ClOS. The first-order valence-electron chi connectivity index (χ1n) is 6.24. The molecule has 0 unspecified atom stereocenters. The number of hydrogen-bond acceptors (Lipinski definition) is 2. The van der Waals surface area contributed by atoms with Crippen LogP contribution in [0, 0.1) is 0 Å². The standard InChI is InChI=1S/C15H15ClOS/c1-17-14-12-4-2-3-5-13(12)18-15(14)10-6-8-11(16)9-7-10/h6-9H,2-5H2,1H3. The SMILES string of the molecule is COc1c(-c2ccc(Cl)cc2)sc2c1CCCC2. The largest absolute Gasteiger partial charge is 0.495 e. The van der Waals surface area contributed by atoms with Crippen molar-refractivity contribution in [2.45, 2.75) is 25.7 Å². The van der Waals surface area contributed by atoms with Crippen molar-refractivity contribution in [3.63, 3.8) is 0 Å². The maximum absolute atomic E-state index is 5.95. The number of aryl methyl sites for hydroxylation is 1. The van der Waals surface area contributed by atoms with Crippen molar-refractivity contribution < 1.29 is 4.74 Å². The first kappa shape index (κ1) is 12.1. The van der Waals surface area contributed by atoms with Gasteiger partial charge in [-0.25, -0.2) is 0 Å². The van der Waals surface area contributed by atoms with Gasteiger partial charge in [-0.3, -0.25) is 0 Å². The Morgan fingerprint density at radius 3 is 2.56 bits per heavy atom. The molecule has 0 atom stereocenters. The first-order chi connectivity index (χ1) is 8.79. The molecule has 18 heavy (non-hydrogen) atoms. The fraction of sp³-hybridized carbons (Fsp3) is 0.333. The van der Waals surface area contributed by atoms with Gasteiger partial charge in [0.05, 0.1) is 12.0 Å². The molecule has 0 amide bonds. The Hall–Kier alpha value is -0.990. The highest BCUT2D eigenvalue weighted by atomic mass is 35.5. The molecule has 1 aromatic carbocycles. The minimum atomic E-state index is 0.777. The third-order valence-electron chi connectivity index (χ3n) is 3.43. The molecule has 1 aromatic heterocycles. The maximum Gasteiger partial charge on any atom is 0.140 e. The van der Waals surface area contributed by atoms with Gasteiger partial charge in [0.15, 0.2) is 0 Å². The summed E-state index contributed by atoms with van der Waals surface area (Å²) in [5, 5.41) is 0.777. The van der Waals surface area contributed by atoms with Gasteiger partial charge in [-0.1, -0.05) is 23.7 Å². The van der Waals surface area contributed by atoms with Crippen molar-refractivity contribution in [2.24, 2.45) is 0 Å². The highest BCUT2D eigenvalue weighted by molar-refractivity contribution is 7.16. The Morgan fingerprint density at radius 2 is 1.83 bits per heavy atom. The summed E-state index contributed by atoms with van der Waals surface area (Å²) in [5.74, 6) is 1.08. The predicted molar refractivity (Wildman–Crippen MR) is 78.0 cm³/mol. The molecule has 0 saturated carbocycles. The molecule has 3 heteroatoms. The van der Waals surface area contributed by atoms with Crippen LogP contribution in [0.3, 0.4) is 0 Å². The van der Waals surface area contributed by atoms with Crippen LogP contribution in [-0.2, 0) is 12.8 Å². The first-order valence-corrected chi connectivity index (χ1v) is 7.43. The summed E-state index contributed by atoms with van der Waals surface area (Å²) in [4.78, 5) is 2.75. The lowest BCUT2D eigenvalue weighted by Gasteiger charge is -2.11. The van der Waals surface area contributed by atoms with Crippen molar-refractivity contribution in [3.05, 3.63) is 39.7 Å². The van der Waals surface area contributed by atoms with Crippen LogP contribution in [0.25, 0.3) is 10.4 Å². The van der Waals surface area contributed by atoms with E-state index in [0.717, 1.165) is 17.2 Å². The van der Waals surface area contributed by atoms with E-state index in [1.54, 1.807) is 7.11 Å². The second kappa shape index (κ2) is 4.94. The molecule has 0 aliphatic heterocycles. The quantitative estimate of drug-likeness (QED) is 0.755. The zero-order chi connectivity index (χ0) is 12.5. The Morgan fingerprint density at radius 1 is 1.11 bits per heavy atom. The second-order valence-corrected chi connectivity index (χ2v) is 6.12. The molecule has 94 valence electrons. The van der Waals surface area contributed by atoms with Crippen LogP contribution in [-0.4, -0.2) is 7.11 Å². The molecule has 0 saturated heterocycles. The van der Waals surface area contributed by atoms with E-state index in [-0.39, 0.29) is 0 Å². The lowest BCUT2D eigenvalue weighted by molar-refractivity contribution is 0.410. The molecular weight excluding hydrogens is 264 g/mol. The average molecular weight is 279 g/mol. The van der Waals surface area contributed by atoms with Crippen LogP contribution in [0.5, 0.6) is 5.75 Å². The minimum Gasteiger partial charge on any atom is -0.495 e. The molecule has 2 aromatic rings. The number of thiophene rings is 1. The van der Waals surface area contributed by atoms with Gasteiger partial charge in [0.1, 0.15) is 5.75 Å². The van der Waals surface area contributed by atoms with Crippen LogP contribution in [0.2, 0.25) is 5.02 Å². The second-order valence-electron chi connectivity index (χ2n) is 4.58. The molecule has 1 heterocycles. The van der Waals surface area contributed by atoms with E-state index in [0.29, 0.717) is 0 Å². The summed E-state index contributed by atoms with van der Waals surface area (Å²) in [6.45, 7) is 0. The molecule has 3 rings (SSSR count). The average Bonchev–Trinajstić information content (AvgIpc) is 2.78. The predicted octanol–water partition coefficient (Wildman–Crippen LogP) is 4.96. The number of ether oxygens (including phenoxy) is 1. The Bertz CT molecular complexity index is 557. The maximum atomic E-state index is 5.95. The van der Waals surface area contributed by atoms with Gasteiger partial charge in [-0.15, -0.1) is 11.3 Å². The zero-order valence-corrected chi connectivity index (χ0v) is 11.9. The molecule has 0 fully saturated rings. The van der Waals surface area contributed by atoms with Crippen LogP contribution >= 0.6 is 22.9 Å². The number of benzene rings is 1. The van der Waals surface area contributed by atoms with Gasteiger partial charge in [0.25, 0.3) is 0 Å². The summed E-state index contributed by atoms with van der Waals surface area (Å²) in [5.41, 5.74) is 2.63. The topological polar surface area (TPSA) is 9.23 Å². The van der Waals surface area contributed by atoms with Crippen molar-refractivity contribution >= 4 is 22.9 Å². The molecule has 0 radical (unpaired) electrons. The van der Waals surface area contributed by atoms with Gasteiger partial charge in [0, 0.05) is 15.5 Å². The highest BCUT2D eigenvalue weighted by Crippen LogP contribution is 2.45. The van der Waals surface area contributed by atoms with Gasteiger partial charge < -0.3 is 4.74 Å². The van der Waals surface area contributed by atoms with E-state index >= 15 is 0 Å². The number of hydrogen-bond donors (Lipinski definition) is 0. The Balaban J connectivity index is 2.11. The van der Waals surface area contributed by atoms with E-state index in [4.69, 9.17) is 16.3 Å². The van der Waals surface area contributed by atoms with E-state index in [1.807, 2.05) is 23.5 Å². The summed E-state index contributed by atoms with van der Waals surface area (Å²) >= 11 is 7.82. The summed E-state index contributed by atoms with van der Waals surface area (Å²) in [7, 11) is 1.77. The fourth-order valence-electron chi connectivity index (χ4n) is 2.54. The van der Waals surface area contributed by atoms with Crippen molar-refractivity contribution in [3.8, 4) is 16.2 Å². The van der Waals surface area contributed by atoms with Gasteiger partial charge in [-0.05, 0) is 43.4 Å². The Labute approximate surface area is 116 Å². The monoisotopic (exact) mass is 278 g/mol. The van der Waals surface area contributed by atoms with Crippen molar-refractivity contribution in [1.29, 1.82) is 0 Å². The van der Waals surface area contributed by atoms with Gasteiger partial charge >= 0.3 is 0 Å². The molecule has 0 spiro atoms. The Kier molecular flexibility index (Phi) is 3.31. The minimum absolute atomic E-state index is 0.777. The summed E-state index contributed by atoms with van der Waals surface area (Å²) < 4.78 is 5.65. The van der Waals surface area contributed by atoms with E-state index in [2.05, 4.69) is 12.1 Å². The highest BCUT2D eigenvalue weighted by Gasteiger charge is 2.22. The van der Waals surface area contributed by atoms with Crippen molar-refractivity contribution in [2.75, 3.05) is 7.11 Å². The van der Waals surface area contributed by atoms with Crippen LogP contribution in [0.1, 0.15) is 23.3 Å². The van der Waals surface area contributed by atoms with E-state index in [9.17, 15) is 0 Å². The van der Waals surface area contributed by atoms with Crippen LogP contribution in [0.15, 0.2) is 24.3 Å². The molecule has 1 aliphatic carbocycles. The summed E-state index contributed by atoms with van der Waals surface area (Å²) in [6.07, 6.45) is 4.93. The lowest BCUT2D eigenvalue weighted by Crippen LogP contribution is -1.99. The number of rotatable bonds is 2. The number of fused-ring (bicyclic) bond motifs is 1. The van der Waals surface area contributed by atoms with Gasteiger partial charge in [0.2, 0.25) is 0 Å². The van der Waals surface area contributed by atoms with E-state index < -0.39 is 0 Å². The molecule has 0 bridgehead atoms. The van der Waals surface area contributed by atoms with Crippen LogP contribution < -0.4 is 4.74 Å². The summed E-state index contributed by atoms with van der Waals surface area (Å²) in [6, 6.07) is 8.02. The fourth-order valence-corrected chi connectivity index (χ4v) is 4.03. The zero-order valence-electron chi connectivity index (χ0n) is 10.3. The third-order valence-corrected chi connectivity index (χ3v) is 5.01. The normalized spacial score (nSPS) is 14.3. The molecule has 1 nitrogen and oxygen atoms in total. The number of halogens is 1. The molecule has 0 N–H and O–H groups in total. The van der Waals surface area contributed by atoms with E-state index in [1.165, 1.54) is 40.1 Å². The molecule has 1 aliphatic rings. The lowest BCUT2D eigenvalue weighted by atomic mass is 9.97. The number of methoxy groups -OCH3 is 1. The third kappa shape index (κ3) is 2.04.